The van der Waals surface area contributed by atoms with Crippen molar-refractivity contribution in [2.75, 3.05) is 44.8 Å². The standard InChI is InChI=1S/C20H28N4O3/c1-27-11-10-23-8-3-6-20(19(23)26)7-9-24(13-20)18-15(17(21)25)12-14-4-2-5-16(14)22-18/h12H,2-11,13H2,1H3,(H2,21,25)/t20-/m1/s1. The van der Waals surface area contributed by atoms with Gasteiger partial charge in [-0.3, -0.25) is 9.59 Å². The summed E-state index contributed by atoms with van der Waals surface area (Å²) in [5.41, 5.74) is 7.99. The summed E-state index contributed by atoms with van der Waals surface area (Å²) in [6.45, 7) is 3.34. The van der Waals surface area contributed by atoms with Crippen LogP contribution in [0.5, 0.6) is 0 Å². The van der Waals surface area contributed by atoms with Crippen molar-refractivity contribution in [3.63, 3.8) is 0 Å². The molecule has 2 amide bonds. The number of nitrogens with zero attached hydrogens (tertiary/aromatic N) is 3. The van der Waals surface area contributed by atoms with Gasteiger partial charge in [0.1, 0.15) is 5.82 Å². The summed E-state index contributed by atoms with van der Waals surface area (Å²) in [5.74, 6) is 0.446. The van der Waals surface area contributed by atoms with Crippen molar-refractivity contribution < 1.29 is 14.3 Å². The van der Waals surface area contributed by atoms with Crippen molar-refractivity contribution in [1.29, 1.82) is 0 Å². The number of hydrogen-bond donors (Lipinski definition) is 1. The third kappa shape index (κ3) is 3.18. The summed E-state index contributed by atoms with van der Waals surface area (Å²) in [4.78, 5) is 34.1. The first-order valence-corrected chi connectivity index (χ1v) is 9.90. The molecule has 7 heteroatoms. The Morgan fingerprint density at radius 1 is 1.30 bits per heavy atom. The molecule has 0 radical (unpaired) electrons. The van der Waals surface area contributed by atoms with Crippen LogP contribution in [0.15, 0.2) is 6.07 Å². The van der Waals surface area contributed by atoms with Crippen molar-refractivity contribution in [3.8, 4) is 0 Å². The minimum atomic E-state index is -0.440. The van der Waals surface area contributed by atoms with E-state index in [1.165, 1.54) is 0 Å². The fourth-order valence-corrected chi connectivity index (χ4v) is 4.88. The molecule has 1 spiro atoms. The topological polar surface area (TPSA) is 88.8 Å². The zero-order chi connectivity index (χ0) is 19.0. The molecule has 1 aromatic heterocycles. The predicted octanol–water partition coefficient (Wildman–Crippen LogP) is 1.13. The Balaban J connectivity index is 1.59. The summed E-state index contributed by atoms with van der Waals surface area (Å²) in [5, 5.41) is 0. The summed E-state index contributed by atoms with van der Waals surface area (Å²) < 4.78 is 5.15. The zero-order valence-corrected chi connectivity index (χ0v) is 16.0. The molecule has 146 valence electrons. The van der Waals surface area contributed by atoms with Gasteiger partial charge in [-0.25, -0.2) is 4.98 Å². The van der Waals surface area contributed by atoms with E-state index in [0.717, 1.165) is 62.9 Å². The van der Waals surface area contributed by atoms with Crippen molar-refractivity contribution in [1.82, 2.24) is 9.88 Å². The second kappa shape index (κ2) is 7.11. The number of ether oxygens (including phenoxy) is 1. The van der Waals surface area contributed by atoms with Crippen LogP contribution in [0.3, 0.4) is 0 Å². The van der Waals surface area contributed by atoms with Gasteiger partial charge in [-0.1, -0.05) is 0 Å². The maximum absolute atomic E-state index is 13.2. The van der Waals surface area contributed by atoms with E-state index in [1.54, 1.807) is 7.11 Å². The van der Waals surface area contributed by atoms with Crippen LogP contribution in [0, 0.1) is 5.41 Å². The van der Waals surface area contributed by atoms with Crippen LogP contribution >= 0.6 is 0 Å². The van der Waals surface area contributed by atoms with E-state index in [1.807, 2.05) is 11.0 Å². The number of carbonyl (C=O) groups excluding carboxylic acids is 2. The number of anilines is 1. The first-order chi connectivity index (χ1) is 13.0. The average molecular weight is 372 g/mol. The SMILES string of the molecule is COCCN1CCC[C@]2(CCN(c3nc4c(cc3C(N)=O)CCC4)C2)C1=O. The number of primary amides is 1. The molecule has 1 aliphatic carbocycles. The Bertz CT molecular complexity index is 766. The minimum absolute atomic E-state index is 0.218. The van der Waals surface area contributed by atoms with E-state index < -0.39 is 5.91 Å². The normalized spacial score (nSPS) is 24.7. The van der Waals surface area contributed by atoms with Crippen molar-refractivity contribution in [2.24, 2.45) is 11.1 Å². The van der Waals surface area contributed by atoms with E-state index in [-0.39, 0.29) is 11.3 Å². The van der Waals surface area contributed by atoms with Gasteiger partial charge in [-0.2, -0.15) is 0 Å². The third-order valence-corrected chi connectivity index (χ3v) is 6.34. The second-order valence-corrected chi connectivity index (χ2v) is 8.02. The fourth-order valence-electron chi connectivity index (χ4n) is 4.88. The lowest BCUT2D eigenvalue weighted by molar-refractivity contribution is -0.145. The van der Waals surface area contributed by atoms with Gasteiger partial charge in [0, 0.05) is 39.0 Å². The largest absolute Gasteiger partial charge is 0.383 e. The van der Waals surface area contributed by atoms with Gasteiger partial charge in [0.05, 0.1) is 17.6 Å². The van der Waals surface area contributed by atoms with Gasteiger partial charge in [0.2, 0.25) is 5.91 Å². The quantitative estimate of drug-likeness (QED) is 0.837. The predicted molar refractivity (Wildman–Crippen MR) is 102 cm³/mol. The van der Waals surface area contributed by atoms with E-state index >= 15 is 0 Å². The number of methoxy groups -OCH3 is 1. The number of hydrogen-bond acceptors (Lipinski definition) is 5. The highest BCUT2D eigenvalue weighted by Gasteiger charge is 2.49. The van der Waals surface area contributed by atoms with Gasteiger partial charge >= 0.3 is 0 Å². The fraction of sp³-hybridized carbons (Fsp3) is 0.650. The van der Waals surface area contributed by atoms with E-state index in [2.05, 4.69) is 4.90 Å². The van der Waals surface area contributed by atoms with Gasteiger partial charge in [0.25, 0.3) is 5.91 Å². The molecule has 3 aliphatic rings. The van der Waals surface area contributed by atoms with Gasteiger partial charge in [-0.05, 0) is 50.2 Å². The number of amides is 2. The number of rotatable bonds is 5. The first-order valence-electron chi connectivity index (χ1n) is 9.90. The van der Waals surface area contributed by atoms with Crippen LogP contribution in [-0.2, 0) is 22.4 Å². The summed E-state index contributed by atoms with van der Waals surface area (Å²) in [6, 6.07) is 1.92. The molecular formula is C20H28N4O3. The monoisotopic (exact) mass is 372 g/mol. The minimum Gasteiger partial charge on any atom is -0.383 e. The number of likely N-dealkylation sites (tertiary alicyclic amines) is 1. The molecule has 2 aliphatic heterocycles. The van der Waals surface area contributed by atoms with Crippen LogP contribution in [-0.4, -0.2) is 61.6 Å². The number of piperidine rings is 1. The smallest absolute Gasteiger partial charge is 0.252 e. The maximum atomic E-state index is 13.2. The maximum Gasteiger partial charge on any atom is 0.252 e. The number of pyridine rings is 1. The van der Waals surface area contributed by atoms with Crippen LogP contribution in [0.1, 0.15) is 47.3 Å². The lowest BCUT2D eigenvalue weighted by Crippen LogP contribution is -2.51. The molecule has 27 heavy (non-hydrogen) atoms. The molecule has 1 atom stereocenters. The number of carbonyl (C=O) groups is 2. The van der Waals surface area contributed by atoms with Crippen molar-refractivity contribution in [3.05, 3.63) is 22.9 Å². The highest BCUT2D eigenvalue weighted by atomic mass is 16.5. The Hall–Kier alpha value is -2.15. The molecule has 0 bridgehead atoms. The third-order valence-electron chi connectivity index (χ3n) is 6.34. The Morgan fingerprint density at radius 2 is 2.15 bits per heavy atom. The first kappa shape index (κ1) is 18.2. The Labute approximate surface area is 159 Å². The highest BCUT2D eigenvalue weighted by Crippen LogP contribution is 2.42. The molecule has 2 fully saturated rings. The molecule has 4 rings (SSSR count). The summed E-state index contributed by atoms with van der Waals surface area (Å²) in [7, 11) is 1.66. The highest BCUT2D eigenvalue weighted by molar-refractivity contribution is 5.98. The molecule has 1 aromatic rings. The number of aryl methyl sites for hydroxylation is 2. The van der Waals surface area contributed by atoms with Crippen LogP contribution in [0.25, 0.3) is 0 Å². The van der Waals surface area contributed by atoms with Gasteiger partial charge in [0.15, 0.2) is 0 Å². The van der Waals surface area contributed by atoms with Gasteiger partial charge < -0.3 is 20.3 Å². The molecule has 2 N–H and O–H groups in total. The van der Waals surface area contributed by atoms with Crippen LogP contribution in [0.4, 0.5) is 5.82 Å². The molecule has 0 saturated carbocycles. The molecule has 7 nitrogen and oxygen atoms in total. The second-order valence-electron chi connectivity index (χ2n) is 8.02. The van der Waals surface area contributed by atoms with Crippen molar-refractivity contribution >= 4 is 17.6 Å². The Kier molecular flexibility index (Phi) is 4.80. The zero-order valence-electron chi connectivity index (χ0n) is 16.0. The van der Waals surface area contributed by atoms with E-state index in [0.29, 0.717) is 31.1 Å². The number of aromatic nitrogens is 1. The Morgan fingerprint density at radius 3 is 2.93 bits per heavy atom. The summed E-state index contributed by atoms with van der Waals surface area (Å²) >= 11 is 0. The average Bonchev–Trinajstić information content (AvgIpc) is 3.29. The summed E-state index contributed by atoms with van der Waals surface area (Å²) in [6.07, 6.45) is 5.67. The van der Waals surface area contributed by atoms with E-state index in [4.69, 9.17) is 15.5 Å². The number of fused-ring (bicyclic) bond motifs is 1. The lowest BCUT2D eigenvalue weighted by atomic mass is 9.78. The number of nitrogens with two attached hydrogens (primary N) is 1. The molecule has 3 heterocycles. The van der Waals surface area contributed by atoms with Gasteiger partial charge in [-0.15, -0.1) is 0 Å². The molecule has 0 aromatic carbocycles. The molecular weight excluding hydrogens is 344 g/mol. The van der Waals surface area contributed by atoms with E-state index in [9.17, 15) is 9.59 Å². The van der Waals surface area contributed by atoms with Crippen LogP contribution < -0.4 is 10.6 Å². The van der Waals surface area contributed by atoms with Crippen LogP contribution in [0.2, 0.25) is 0 Å². The van der Waals surface area contributed by atoms with Crippen molar-refractivity contribution in [2.45, 2.75) is 38.5 Å². The molecule has 0 unspecified atom stereocenters. The lowest BCUT2D eigenvalue weighted by Gasteiger charge is -2.39. The molecule has 2 saturated heterocycles.